The van der Waals surface area contributed by atoms with Crippen molar-refractivity contribution in [1.29, 1.82) is 0 Å². The van der Waals surface area contributed by atoms with Crippen LogP contribution >= 0.6 is 0 Å². The maximum absolute atomic E-state index is 10.7. The van der Waals surface area contributed by atoms with E-state index in [1.165, 1.54) is 0 Å². The molecular weight excluding hydrogens is 164 g/mol. The van der Waals surface area contributed by atoms with Crippen molar-refractivity contribution in [2.45, 2.75) is 33.6 Å². The summed E-state index contributed by atoms with van der Waals surface area (Å²) in [6, 6.07) is 0. The lowest BCUT2D eigenvalue weighted by Crippen LogP contribution is -2.20. The smallest absolute Gasteiger partial charge is 0.312 e. The van der Waals surface area contributed by atoms with E-state index >= 15 is 0 Å². The molecule has 13 heavy (non-hydrogen) atoms. The summed E-state index contributed by atoms with van der Waals surface area (Å²) in [5.41, 5.74) is -0.740. The summed E-state index contributed by atoms with van der Waals surface area (Å²) in [6.45, 7) is 5.37. The quantitative estimate of drug-likeness (QED) is 0.524. The van der Waals surface area contributed by atoms with Gasteiger partial charge in [-0.2, -0.15) is 0 Å². The van der Waals surface area contributed by atoms with Crippen LogP contribution in [0.4, 0.5) is 0 Å². The number of unbranched alkanes of at least 4 members (excludes halogenated alkanes) is 1. The highest BCUT2D eigenvalue weighted by atomic mass is 16.4. The molecule has 0 unspecified atom stereocenters. The first kappa shape index (κ1) is 11.9. The van der Waals surface area contributed by atoms with Crippen LogP contribution in [0.25, 0.3) is 0 Å². The Morgan fingerprint density at radius 3 is 2.31 bits per heavy atom. The van der Waals surface area contributed by atoms with E-state index in [1.807, 2.05) is 19.1 Å². The van der Waals surface area contributed by atoms with E-state index in [1.54, 1.807) is 19.9 Å². The second-order valence-electron chi connectivity index (χ2n) is 3.58. The molecule has 0 atom stereocenters. The third-order valence-electron chi connectivity index (χ3n) is 1.82. The Kier molecular flexibility index (Phi) is 5.12. The minimum absolute atomic E-state index is 0.740. The molecule has 1 N–H and O–H groups in total. The van der Waals surface area contributed by atoms with E-state index in [9.17, 15) is 4.79 Å². The molecule has 0 radical (unpaired) electrons. The lowest BCUT2D eigenvalue weighted by Gasteiger charge is -2.12. The SMILES string of the molecule is CC=CCCC=CC(C)(C)C(=O)O. The molecule has 2 nitrogen and oxygen atoms in total. The molecule has 2 heteroatoms. The van der Waals surface area contributed by atoms with Gasteiger partial charge in [-0.25, -0.2) is 0 Å². The maximum Gasteiger partial charge on any atom is 0.312 e. The van der Waals surface area contributed by atoms with Gasteiger partial charge in [0, 0.05) is 0 Å². The van der Waals surface area contributed by atoms with Gasteiger partial charge in [-0.1, -0.05) is 24.3 Å². The van der Waals surface area contributed by atoms with Crippen LogP contribution in [0, 0.1) is 5.41 Å². The predicted octanol–water partition coefficient (Wildman–Crippen LogP) is 3.01. The highest BCUT2D eigenvalue weighted by Crippen LogP contribution is 2.17. The molecule has 0 bridgehead atoms. The van der Waals surface area contributed by atoms with E-state index in [2.05, 4.69) is 6.08 Å². The standard InChI is InChI=1S/C11H18O2/c1-4-5-6-7-8-9-11(2,3)10(12)13/h4-5,8-9H,6-7H2,1-3H3,(H,12,13). The van der Waals surface area contributed by atoms with Crippen molar-refractivity contribution in [3.8, 4) is 0 Å². The molecule has 0 aromatic heterocycles. The van der Waals surface area contributed by atoms with Crippen molar-refractivity contribution in [3.05, 3.63) is 24.3 Å². The van der Waals surface area contributed by atoms with Gasteiger partial charge in [-0.3, -0.25) is 4.79 Å². The fraction of sp³-hybridized carbons (Fsp3) is 0.545. The number of carboxylic acid groups (broad SMARTS) is 1. The van der Waals surface area contributed by atoms with E-state index in [0.29, 0.717) is 0 Å². The molecule has 0 heterocycles. The Bertz CT molecular complexity index is 212. The lowest BCUT2D eigenvalue weighted by molar-refractivity contribution is -0.144. The zero-order valence-electron chi connectivity index (χ0n) is 8.58. The van der Waals surface area contributed by atoms with Crippen molar-refractivity contribution in [1.82, 2.24) is 0 Å². The number of hydrogen-bond donors (Lipinski definition) is 1. The highest BCUT2D eigenvalue weighted by molar-refractivity contribution is 5.75. The topological polar surface area (TPSA) is 37.3 Å². The van der Waals surface area contributed by atoms with Gasteiger partial charge < -0.3 is 5.11 Å². The van der Waals surface area contributed by atoms with E-state index in [0.717, 1.165) is 12.8 Å². The summed E-state index contributed by atoms with van der Waals surface area (Å²) in [5.74, 6) is -0.783. The number of carboxylic acids is 1. The summed E-state index contributed by atoms with van der Waals surface area (Å²) in [6.07, 6.45) is 9.62. The van der Waals surface area contributed by atoms with Gasteiger partial charge in [0.1, 0.15) is 0 Å². The van der Waals surface area contributed by atoms with Crippen LogP contribution in [0.2, 0.25) is 0 Å². The fourth-order valence-electron chi connectivity index (χ4n) is 0.808. The summed E-state index contributed by atoms with van der Waals surface area (Å²) < 4.78 is 0. The molecule has 0 fully saturated rings. The van der Waals surface area contributed by atoms with Crippen LogP contribution in [0.5, 0.6) is 0 Å². The van der Waals surface area contributed by atoms with Crippen LogP contribution in [0.1, 0.15) is 33.6 Å². The number of aliphatic carboxylic acids is 1. The second kappa shape index (κ2) is 5.57. The molecule has 0 amide bonds. The molecule has 0 saturated heterocycles. The van der Waals surface area contributed by atoms with Crippen molar-refractivity contribution in [3.63, 3.8) is 0 Å². The summed E-state index contributed by atoms with van der Waals surface area (Å²) in [7, 11) is 0. The molecule has 0 aliphatic carbocycles. The largest absolute Gasteiger partial charge is 0.481 e. The van der Waals surface area contributed by atoms with E-state index < -0.39 is 11.4 Å². The number of rotatable bonds is 5. The third-order valence-corrected chi connectivity index (χ3v) is 1.82. The van der Waals surface area contributed by atoms with E-state index in [-0.39, 0.29) is 0 Å². The highest BCUT2D eigenvalue weighted by Gasteiger charge is 2.22. The molecule has 0 aliphatic rings. The maximum atomic E-state index is 10.7. The molecule has 0 spiro atoms. The molecule has 0 aliphatic heterocycles. The lowest BCUT2D eigenvalue weighted by atomic mass is 9.93. The first-order valence-electron chi connectivity index (χ1n) is 4.53. The summed E-state index contributed by atoms with van der Waals surface area (Å²) in [4.78, 5) is 10.7. The van der Waals surface area contributed by atoms with Crippen LogP contribution in [-0.2, 0) is 4.79 Å². The molecule has 74 valence electrons. The van der Waals surface area contributed by atoms with Crippen molar-refractivity contribution < 1.29 is 9.90 Å². The molecule has 0 rings (SSSR count). The Labute approximate surface area is 80.0 Å². The monoisotopic (exact) mass is 182 g/mol. The molecule has 0 aromatic rings. The second-order valence-corrected chi connectivity index (χ2v) is 3.58. The van der Waals surface area contributed by atoms with Crippen LogP contribution in [0.15, 0.2) is 24.3 Å². The Morgan fingerprint density at radius 1 is 1.31 bits per heavy atom. The van der Waals surface area contributed by atoms with Crippen LogP contribution in [-0.4, -0.2) is 11.1 Å². The zero-order valence-corrected chi connectivity index (χ0v) is 8.58. The number of hydrogen-bond acceptors (Lipinski definition) is 1. The van der Waals surface area contributed by atoms with Crippen molar-refractivity contribution >= 4 is 5.97 Å². The van der Waals surface area contributed by atoms with Gasteiger partial charge in [0.25, 0.3) is 0 Å². The van der Waals surface area contributed by atoms with Gasteiger partial charge in [0.15, 0.2) is 0 Å². The van der Waals surface area contributed by atoms with E-state index in [4.69, 9.17) is 5.11 Å². The predicted molar refractivity (Wildman–Crippen MR) is 54.6 cm³/mol. The Balaban J connectivity index is 3.90. The first-order valence-corrected chi connectivity index (χ1v) is 4.53. The molecular formula is C11H18O2. The average molecular weight is 182 g/mol. The van der Waals surface area contributed by atoms with Crippen LogP contribution in [0.3, 0.4) is 0 Å². The normalized spacial score (nSPS) is 12.8. The van der Waals surface area contributed by atoms with Crippen LogP contribution < -0.4 is 0 Å². The van der Waals surface area contributed by atoms with Gasteiger partial charge in [-0.15, -0.1) is 0 Å². The minimum Gasteiger partial charge on any atom is -0.481 e. The number of carbonyl (C=O) groups is 1. The Morgan fingerprint density at radius 2 is 1.85 bits per heavy atom. The third kappa shape index (κ3) is 5.23. The van der Waals surface area contributed by atoms with Gasteiger partial charge in [0.2, 0.25) is 0 Å². The van der Waals surface area contributed by atoms with Crippen molar-refractivity contribution in [2.75, 3.05) is 0 Å². The van der Waals surface area contributed by atoms with Crippen molar-refractivity contribution in [2.24, 2.45) is 5.41 Å². The van der Waals surface area contributed by atoms with Gasteiger partial charge in [-0.05, 0) is 33.6 Å². The fourth-order valence-corrected chi connectivity index (χ4v) is 0.808. The first-order chi connectivity index (χ1) is 6.00. The Hall–Kier alpha value is -1.05. The van der Waals surface area contributed by atoms with Gasteiger partial charge >= 0.3 is 5.97 Å². The molecule has 0 aromatic carbocycles. The minimum atomic E-state index is -0.783. The van der Waals surface area contributed by atoms with Gasteiger partial charge in [0.05, 0.1) is 5.41 Å². The average Bonchev–Trinajstić information content (AvgIpc) is 2.03. The summed E-state index contributed by atoms with van der Waals surface area (Å²) in [5, 5.41) is 8.78. The summed E-state index contributed by atoms with van der Waals surface area (Å²) >= 11 is 0. The molecule has 0 saturated carbocycles. The number of allylic oxidation sites excluding steroid dienone is 3. The zero-order chi connectivity index (χ0) is 10.3.